The third-order valence-electron chi connectivity index (χ3n) is 2.65. The topological polar surface area (TPSA) is 4.93 Å². The van der Waals surface area contributed by atoms with Gasteiger partial charge < -0.3 is 4.57 Å². The normalized spacial score (nSPS) is 12.6. The second-order valence-electron chi connectivity index (χ2n) is 4.89. The molecule has 1 nitrogen and oxygen atoms in total. The van der Waals surface area contributed by atoms with Gasteiger partial charge in [0, 0.05) is 20.2 Å². The fourth-order valence-corrected chi connectivity index (χ4v) is 5.09. The third kappa shape index (κ3) is 1.97. The van der Waals surface area contributed by atoms with E-state index in [1.54, 1.807) is 0 Å². The molecule has 0 bridgehead atoms. The molecule has 0 atom stereocenters. The van der Waals surface area contributed by atoms with Crippen LogP contribution < -0.4 is 0 Å². The van der Waals surface area contributed by atoms with E-state index in [1.165, 1.54) is 23.3 Å². The third-order valence-corrected chi connectivity index (χ3v) is 5.48. The van der Waals surface area contributed by atoms with Crippen LogP contribution >= 0.6 is 49.9 Å². The highest BCUT2D eigenvalue weighted by Crippen LogP contribution is 2.39. The van der Waals surface area contributed by atoms with Crippen molar-refractivity contribution in [2.24, 2.45) is 0 Å². The maximum atomic E-state index is 3.59. The van der Waals surface area contributed by atoms with Crippen molar-refractivity contribution in [2.45, 2.75) is 39.7 Å². The Kier molecular flexibility index (Phi) is 3.45. The van der Waals surface area contributed by atoms with Crippen LogP contribution in [0.25, 0.3) is 10.2 Å². The lowest BCUT2D eigenvalue weighted by molar-refractivity contribution is 0.400. The SMILES string of the molecule is CCc1c(I)c2cc(Br)sc2n1C(C)(C)C. The van der Waals surface area contributed by atoms with Crippen LogP contribution in [0.1, 0.15) is 33.4 Å². The minimum Gasteiger partial charge on any atom is -0.330 e. The molecule has 0 amide bonds. The van der Waals surface area contributed by atoms with Gasteiger partial charge in [-0.15, -0.1) is 11.3 Å². The molecule has 0 aliphatic carbocycles. The zero-order chi connectivity index (χ0) is 12.1. The number of aromatic nitrogens is 1. The molecule has 0 radical (unpaired) electrons. The molecule has 0 saturated carbocycles. The molecule has 4 heteroatoms. The number of halogens is 2. The Morgan fingerprint density at radius 3 is 2.56 bits per heavy atom. The van der Waals surface area contributed by atoms with Crippen LogP contribution in [0.3, 0.4) is 0 Å². The molecule has 0 N–H and O–H groups in total. The summed E-state index contributed by atoms with van der Waals surface area (Å²) in [4.78, 5) is 1.39. The zero-order valence-electron chi connectivity index (χ0n) is 9.90. The summed E-state index contributed by atoms with van der Waals surface area (Å²) in [5.74, 6) is 0. The Hall–Kier alpha value is 0.450. The molecular formula is C12H15BrINS. The lowest BCUT2D eigenvalue weighted by Crippen LogP contribution is -2.23. The number of hydrogen-bond acceptors (Lipinski definition) is 1. The predicted octanol–water partition coefficient (Wildman–Crippen LogP) is 5.39. The molecule has 0 aliphatic rings. The van der Waals surface area contributed by atoms with E-state index < -0.39 is 0 Å². The van der Waals surface area contributed by atoms with Crippen LogP contribution in [0, 0.1) is 3.57 Å². The molecule has 0 aromatic carbocycles. The van der Waals surface area contributed by atoms with Crippen molar-refractivity contribution in [1.82, 2.24) is 4.57 Å². The number of rotatable bonds is 1. The summed E-state index contributed by atoms with van der Waals surface area (Å²) in [6.07, 6.45) is 1.09. The van der Waals surface area contributed by atoms with E-state index in [1.807, 2.05) is 11.3 Å². The van der Waals surface area contributed by atoms with Crippen LogP contribution in [-0.2, 0) is 12.0 Å². The van der Waals surface area contributed by atoms with Gasteiger partial charge in [-0.2, -0.15) is 0 Å². The lowest BCUT2D eigenvalue weighted by atomic mass is 10.1. The van der Waals surface area contributed by atoms with E-state index in [2.05, 4.69) is 76.8 Å². The minimum absolute atomic E-state index is 0.150. The number of thiophene rings is 1. The zero-order valence-corrected chi connectivity index (χ0v) is 14.5. The maximum absolute atomic E-state index is 3.59. The molecule has 2 heterocycles. The Bertz CT molecular complexity index is 533. The largest absolute Gasteiger partial charge is 0.330 e. The summed E-state index contributed by atoms with van der Waals surface area (Å²) < 4.78 is 5.11. The van der Waals surface area contributed by atoms with Gasteiger partial charge in [-0.25, -0.2) is 0 Å². The van der Waals surface area contributed by atoms with Gasteiger partial charge in [0.1, 0.15) is 4.83 Å². The molecule has 0 aliphatic heterocycles. The first kappa shape index (κ1) is 12.9. The van der Waals surface area contributed by atoms with Crippen LogP contribution in [0.2, 0.25) is 0 Å². The second-order valence-corrected chi connectivity index (χ2v) is 8.38. The van der Waals surface area contributed by atoms with E-state index in [4.69, 9.17) is 0 Å². The van der Waals surface area contributed by atoms with E-state index in [0.29, 0.717) is 0 Å². The van der Waals surface area contributed by atoms with Crippen molar-refractivity contribution in [3.05, 3.63) is 19.1 Å². The average Bonchev–Trinajstić information content (AvgIpc) is 2.62. The van der Waals surface area contributed by atoms with Crippen LogP contribution in [-0.4, -0.2) is 4.57 Å². The molecular weight excluding hydrogens is 397 g/mol. The summed E-state index contributed by atoms with van der Waals surface area (Å²) in [6, 6.07) is 2.24. The van der Waals surface area contributed by atoms with Crippen molar-refractivity contribution >= 4 is 60.1 Å². The summed E-state index contributed by atoms with van der Waals surface area (Å²) in [5, 5.41) is 1.39. The van der Waals surface area contributed by atoms with Crippen molar-refractivity contribution in [3.8, 4) is 0 Å². The molecule has 0 unspecified atom stereocenters. The highest BCUT2D eigenvalue weighted by atomic mass is 127. The Morgan fingerprint density at radius 1 is 1.44 bits per heavy atom. The van der Waals surface area contributed by atoms with Crippen LogP contribution in [0.4, 0.5) is 0 Å². The van der Waals surface area contributed by atoms with Gasteiger partial charge in [-0.3, -0.25) is 0 Å². The smallest absolute Gasteiger partial charge is 0.105 e. The van der Waals surface area contributed by atoms with E-state index in [-0.39, 0.29) is 5.54 Å². The van der Waals surface area contributed by atoms with Crippen LogP contribution in [0.5, 0.6) is 0 Å². The summed E-state index contributed by atoms with van der Waals surface area (Å²) in [5.41, 5.74) is 1.61. The Balaban J connectivity index is 2.86. The van der Waals surface area contributed by atoms with Gasteiger partial charge in [0.15, 0.2) is 0 Å². The first-order chi connectivity index (χ1) is 7.36. The fraction of sp³-hybridized carbons (Fsp3) is 0.500. The van der Waals surface area contributed by atoms with E-state index in [0.717, 1.165) is 6.42 Å². The van der Waals surface area contributed by atoms with Gasteiger partial charge in [0.25, 0.3) is 0 Å². The Morgan fingerprint density at radius 2 is 2.06 bits per heavy atom. The standard InChI is InChI=1S/C12H15BrINS/c1-5-8-10(14)7-6-9(13)16-11(7)15(8)12(2,3)4/h6H,5H2,1-4H3. The van der Waals surface area contributed by atoms with Gasteiger partial charge in [-0.05, 0) is 71.8 Å². The molecule has 0 saturated heterocycles. The molecule has 2 rings (SSSR count). The Labute approximate surface area is 122 Å². The van der Waals surface area contributed by atoms with E-state index in [9.17, 15) is 0 Å². The summed E-state index contributed by atoms with van der Waals surface area (Å²) >= 11 is 7.90. The molecule has 88 valence electrons. The first-order valence-corrected chi connectivity index (χ1v) is 8.03. The molecule has 0 fully saturated rings. The van der Waals surface area contributed by atoms with Gasteiger partial charge in [0.05, 0.1) is 3.79 Å². The van der Waals surface area contributed by atoms with Crippen molar-refractivity contribution in [3.63, 3.8) is 0 Å². The first-order valence-electron chi connectivity index (χ1n) is 5.35. The maximum Gasteiger partial charge on any atom is 0.105 e. The van der Waals surface area contributed by atoms with Crippen molar-refractivity contribution in [2.75, 3.05) is 0 Å². The summed E-state index contributed by atoms with van der Waals surface area (Å²) in [6.45, 7) is 9.05. The molecule has 2 aromatic rings. The van der Waals surface area contributed by atoms with Crippen LogP contribution in [0.15, 0.2) is 9.85 Å². The second kappa shape index (κ2) is 4.28. The average molecular weight is 412 g/mol. The summed E-state index contributed by atoms with van der Waals surface area (Å²) in [7, 11) is 0. The van der Waals surface area contributed by atoms with E-state index >= 15 is 0 Å². The predicted molar refractivity (Wildman–Crippen MR) is 84.6 cm³/mol. The number of fused-ring (bicyclic) bond motifs is 1. The fourth-order valence-electron chi connectivity index (χ4n) is 2.07. The van der Waals surface area contributed by atoms with Crippen molar-refractivity contribution < 1.29 is 0 Å². The lowest BCUT2D eigenvalue weighted by Gasteiger charge is -2.25. The number of hydrogen-bond donors (Lipinski definition) is 0. The van der Waals surface area contributed by atoms with Gasteiger partial charge in [0.2, 0.25) is 0 Å². The number of nitrogens with zero attached hydrogens (tertiary/aromatic N) is 1. The monoisotopic (exact) mass is 411 g/mol. The highest BCUT2D eigenvalue weighted by molar-refractivity contribution is 14.1. The minimum atomic E-state index is 0.150. The quantitative estimate of drug-likeness (QED) is 0.554. The molecule has 2 aromatic heterocycles. The molecule has 0 spiro atoms. The van der Waals surface area contributed by atoms with Gasteiger partial charge in [-0.1, -0.05) is 6.92 Å². The van der Waals surface area contributed by atoms with Gasteiger partial charge >= 0.3 is 0 Å². The van der Waals surface area contributed by atoms with Crippen molar-refractivity contribution in [1.29, 1.82) is 0 Å². The highest BCUT2D eigenvalue weighted by Gasteiger charge is 2.24. The molecule has 16 heavy (non-hydrogen) atoms.